The Morgan fingerprint density at radius 2 is 2.31 bits per heavy atom. The van der Waals surface area contributed by atoms with Crippen molar-refractivity contribution in [3.63, 3.8) is 0 Å². The molecule has 1 heterocycles. The van der Waals surface area contributed by atoms with E-state index in [1.807, 2.05) is 13.8 Å². The van der Waals surface area contributed by atoms with Gasteiger partial charge in [0.2, 0.25) is 5.91 Å². The van der Waals surface area contributed by atoms with E-state index in [1.165, 1.54) is 11.8 Å². The van der Waals surface area contributed by atoms with Gasteiger partial charge in [-0.2, -0.15) is 0 Å². The van der Waals surface area contributed by atoms with E-state index in [0.717, 1.165) is 6.42 Å². The molecule has 0 bridgehead atoms. The summed E-state index contributed by atoms with van der Waals surface area (Å²) in [5, 5.41) is 9.51. The molecule has 0 aromatic carbocycles. The molecule has 0 fully saturated rings. The molecule has 7 heteroatoms. The maximum atomic E-state index is 11.3. The molecule has 90 valence electrons. The lowest BCUT2D eigenvalue weighted by Crippen LogP contribution is -2.25. The average Bonchev–Trinajstić information content (AvgIpc) is 2.59. The van der Waals surface area contributed by atoms with E-state index in [0.29, 0.717) is 18.2 Å². The topological polar surface area (TPSA) is 79.8 Å². The summed E-state index contributed by atoms with van der Waals surface area (Å²) in [4.78, 5) is 22.6. The van der Waals surface area contributed by atoms with E-state index in [1.54, 1.807) is 4.57 Å². The number of nitrogens with zero attached hydrogens (tertiary/aromatic N) is 2. The largest absolute Gasteiger partial charge is 0.356 e. The zero-order chi connectivity index (χ0) is 12.0. The van der Waals surface area contributed by atoms with Crippen LogP contribution in [0.15, 0.2) is 9.95 Å². The molecule has 6 nitrogen and oxygen atoms in total. The summed E-state index contributed by atoms with van der Waals surface area (Å²) < 4.78 is 1.55. The van der Waals surface area contributed by atoms with Crippen LogP contribution in [0.2, 0.25) is 0 Å². The molecule has 1 amide bonds. The summed E-state index contributed by atoms with van der Waals surface area (Å²) in [6.07, 6.45) is 0.855. The molecule has 1 aromatic rings. The number of aromatic nitrogens is 3. The fourth-order valence-electron chi connectivity index (χ4n) is 1.21. The van der Waals surface area contributed by atoms with Gasteiger partial charge in [0.15, 0.2) is 5.16 Å². The van der Waals surface area contributed by atoms with Crippen molar-refractivity contribution < 1.29 is 4.79 Å². The molecular formula is C9H16N4O2S. The number of aromatic amines is 1. The summed E-state index contributed by atoms with van der Waals surface area (Å²) in [5.41, 5.74) is -0.222. The number of carbonyl (C=O) groups excluding carboxylic acids is 1. The first kappa shape index (κ1) is 12.8. The third-order valence-corrected chi connectivity index (χ3v) is 2.85. The van der Waals surface area contributed by atoms with Crippen LogP contribution in [0.1, 0.15) is 20.3 Å². The third kappa shape index (κ3) is 3.41. The smallest absolute Gasteiger partial charge is 0.343 e. The van der Waals surface area contributed by atoms with Crippen molar-refractivity contribution in [3.8, 4) is 0 Å². The minimum Gasteiger partial charge on any atom is -0.356 e. The highest BCUT2D eigenvalue weighted by Gasteiger charge is 2.09. The van der Waals surface area contributed by atoms with Gasteiger partial charge in [0.1, 0.15) is 0 Å². The summed E-state index contributed by atoms with van der Waals surface area (Å²) in [6.45, 7) is 5.08. The van der Waals surface area contributed by atoms with Crippen molar-refractivity contribution in [2.75, 3.05) is 12.3 Å². The minimum atomic E-state index is -0.222. The summed E-state index contributed by atoms with van der Waals surface area (Å²) in [6, 6.07) is 0. The number of amides is 1. The van der Waals surface area contributed by atoms with E-state index in [4.69, 9.17) is 0 Å². The Balaban J connectivity index is 2.60. The van der Waals surface area contributed by atoms with E-state index in [-0.39, 0.29) is 17.3 Å². The van der Waals surface area contributed by atoms with Crippen molar-refractivity contribution >= 4 is 17.7 Å². The normalized spacial score (nSPS) is 10.4. The van der Waals surface area contributed by atoms with Crippen LogP contribution in [0.25, 0.3) is 0 Å². The highest BCUT2D eigenvalue weighted by Crippen LogP contribution is 2.12. The first-order valence-corrected chi connectivity index (χ1v) is 6.22. The second-order valence-corrected chi connectivity index (χ2v) is 4.15. The van der Waals surface area contributed by atoms with Crippen LogP contribution >= 0.6 is 11.8 Å². The monoisotopic (exact) mass is 244 g/mol. The standard InChI is InChI=1S/C9H16N4O2S/c1-3-5-13-8(15)11-12-9(13)16-6-7(14)10-4-2/h3-6H2,1-2H3,(H,10,14)(H,11,15). The Kier molecular flexibility index (Phi) is 5.10. The molecule has 2 N–H and O–H groups in total. The molecule has 0 radical (unpaired) electrons. The van der Waals surface area contributed by atoms with Crippen LogP contribution < -0.4 is 11.0 Å². The van der Waals surface area contributed by atoms with Crippen molar-refractivity contribution in [1.29, 1.82) is 0 Å². The second-order valence-electron chi connectivity index (χ2n) is 3.21. The lowest BCUT2D eigenvalue weighted by Gasteiger charge is -2.03. The van der Waals surface area contributed by atoms with Gasteiger partial charge < -0.3 is 5.32 Å². The van der Waals surface area contributed by atoms with Gasteiger partial charge in [0.25, 0.3) is 0 Å². The lowest BCUT2D eigenvalue weighted by molar-refractivity contribution is -0.118. The summed E-state index contributed by atoms with van der Waals surface area (Å²) in [5.74, 6) is 0.230. The second kappa shape index (κ2) is 6.37. The van der Waals surface area contributed by atoms with Crippen LogP contribution in [-0.4, -0.2) is 33.0 Å². The molecule has 0 unspecified atom stereocenters. The Bertz CT molecular complexity index is 398. The average molecular weight is 244 g/mol. The zero-order valence-electron chi connectivity index (χ0n) is 9.45. The molecule has 0 spiro atoms. The van der Waals surface area contributed by atoms with E-state index < -0.39 is 0 Å². The first-order chi connectivity index (χ1) is 7.69. The molecule has 0 saturated carbocycles. The van der Waals surface area contributed by atoms with Gasteiger partial charge in [0.05, 0.1) is 5.75 Å². The molecular weight excluding hydrogens is 228 g/mol. The molecule has 1 rings (SSSR count). The van der Waals surface area contributed by atoms with Crippen molar-refractivity contribution in [2.45, 2.75) is 32.0 Å². The van der Waals surface area contributed by atoms with Gasteiger partial charge in [-0.05, 0) is 13.3 Å². The fraction of sp³-hybridized carbons (Fsp3) is 0.667. The van der Waals surface area contributed by atoms with Crippen molar-refractivity contribution in [1.82, 2.24) is 20.1 Å². The SMILES string of the molecule is CCCn1c(SCC(=O)NCC)n[nH]c1=O. The highest BCUT2D eigenvalue weighted by atomic mass is 32.2. The molecule has 0 aliphatic rings. The van der Waals surface area contributed by atoms with Crippen LogP contribution in [-0.2, 0) is 11.3 Å². The minimum absolute atomic E-state index is 0.0500. The first-order valence-electron chi connectivity index (χ1n) is 5.23. The quantitative estimate of drug-likeness (QED) is 0.701. The van der Waals surface area contributed by atoms with Gasteiger partial charge in [-0.3, -0.25) is 9.36 Å². The maximum absolute atomic E-state index is 11.3. The molecule has 0 atom stereocenters. The molecule has 0 aliphatic carbocycles. The number of H-pyrrole nitrogens is 1. The number of carbonyl (C=O) groups is 1. The van der Waals surface area contributed by atoms with Crippen LogP contribution in [0.5, 0.6) is 0 Å². The fourth-order valence-corrected chi connectivity index (χ4v) is 2.01. The molecule has 0 saturated heterocycles. The van der Waals surface area contributed by atoms with Gasteiger partial charge in [-0.25, -0.2) is 9.89 Å². The number of rotatable bonds is 6. The zero-order valence-corrected chi connectivity index (χ0v) is 10.3. The van der Waals surface area contributed by atoms with E-state index >= 15 is 0 Å². The lowest BCUT2D eigenvalue weighted by atomic mass is 10.5. The van der Waals surface area contributed by atoms with E-state index in [2.05, 4.69) is 15.5 Å². The summed E-state index contributed by atoms with van der Waals surface area (Å²) in [7, 11) is 0. The van der Waals surface area contributed by atoms with Crippen molar-refractivity contribution in [3.05, 3.63) is 10.5 Å². The molecule has 16 heavy (non-hydrogen) atoms. The van der Waals surface area contributed by atoms with Crippen LogP contribution in [0, 0.1) is 0 Å². The number of thioether (sulfide) groups is 1. The van der Waals surface area contributed by atoms with Crippen molar-refractivity contribution in [2.24, 2.45) is 0 Å². The number of nitrogens with one attached hydrogen (secondary N) is 2. The van der Waals surface area contributed by atoms with Gasteiger partial charge >= 0.3 is 5.69 Å². The Hall–Kier alpha value is -1.24. The maximum Gasteiger partial charge on any atom is 0.343 e. The summed E-state index contributed by atoms with van der Waals surface area (Å²) >= 11 is 1.26. The number of hydrogen-bond acceptors (Lipinski definition) is 4. The van der Waals surface area contributed by atoms with Crippen LogP contribution in [0.3, 0.4) is 0 Å². The molecule has 1 aromatic heterocycles. The predicted octanol–water partition coefficient (Wildman–Crippen LogP) is 0.210. The number of hydrogen-bond donors (Lipinski definition) is 2. The van der Waals surface area contributed by atoms with Crippen LogP contribution in [0.4, 0.5) is 0 Å². The van der Waals surface area contributed by atoms with Gasteiger partial charge in [0, 0.05) is 13.1 Å². The Morgan fingerprint density at radius 3 is 2.94 bits per heavy atom. The van der Waals surface area contributed by atoms with Gasteiger partial charge in [-0.15, -0.1) is 5.10 Å². The highest BCUT2D eigenvalue weighted by molar-refractivity contribution is 7.99. The van der Waals surface area contributed by atoms with E-state index in [9.17, 15) is 9.59 Å². The predicted molar refractivity (Wildman–Crippen MR) is 62.5 cm³/mol. The Labute approximate surface area is 97.8 Å². The molecule has 0 aliphatic heterocycles. The third-order valence-electron chi connectivity index (χ3n) is 1.88. The Morgan fingerprint density at radius 1 is 1.56 bits per heavy atom. The van der Waals surface area contributed by atoms with Gasteiger partial charge in [-0.1, -0.05) is 18.7 Å².